The fraction of sp³-hybridized carbons (Fsp3) is 0.429. The minimum atomic E-state index is -4.46. The van der Waals surface area contributed by atoms with Crippen molar-refractivity contribution in [2.75, 3.05) is 13.2 Å². The maximum absolute atomic E-state index is 12.9. The molecule has 2 unspecified atom stereocenters. The monoisotopic (exact) mass is 479 g/mol. The van der Waals surface area contributed by atoms with Crippen LogP contribution in [0.1, 0.15) is 37.1 Å². The number of fused-ring (bicyclic) bond motifs is 1. The Balaban J connectivity index is 0.00000363. The first-order valence-electron chi connectivity index (χ1n) is 9.83. The number of aromatic amines is 1. The molecular formula is C21H25F3N3NaO3S. The van der Waals surface area contributed by atoms with Gasteiger partial charge < -0.3 is 14.0 Å². The van der Waals surface area contributed by atoms with E-state index in [9.17, 15) is 17.7 Å². The Bertz CT molecular complexity index is 1030. The normalized spacial score (nSPS) is 13.6. The van der Waals surface area contributed by atoms with E-state index in [1.54, 1.807) is 12.3 Å². The van der Waals surface area contributed by atoms with Gasteiger partial charge in [0.2, 0.25) is 0 Å². The zero-order valence-electron chi connectivity index (χ0n) is 17.5. The number of rotatable bonds is 9. The molecule has 3 aromatic rings. The molecule has 3 rings (SSSR count). The average Bonchev–Trinajstić information content (AvgIpc) is 3.16. The van der Waals surface area contributed by atoms with Crippen LogP contribution < -0.4 is 4.74 Å². The van der Waals surface area contributed by atoms with Crippen molar-refractivity contribution in [3.8, 4) is 5.75 Å². The summed E-state index contributed by atoms with van der Waals surface area (Å²) < 4.78 is 62.8. The SMILES string of the molecule is CCC(C)OCCOc1ccnc(C[S+]([O-])c2nc3cc(C(F)(F)F)ccc3[nH]2)c1C.[NaH]. The fourth-order valence-corrected chi connectivity index (χ4v) is 3.94. The van der Waals surface area contributed by atoms with Crippen molar-refractivity contribution in [1.29, 1.82) is 0 Å². The first kappa shape index (κ1) is 26.9. The molecule has 0 spiro atoms. The summed E-state index contributed by atoms with van der Waals surface area (Å²) in [5, 5.41) is 0.101. The van der Waals surface area contributed by atoms with Gasteiger partial charge in [-0.25, -0.2) is 0 Å². The van der Waals surface area contributed by atoms with Crippen LogP contribution in [0, 0.1) is 6.92 Å². The van der Waals surface area contributed by atoms with E-state index in [2.05, 4.69) is 15.0 Å². The van der Waals surface area contributed by atoms with Crippen molar-refractivity contribution in [3.05, 3.63) is 47.3 Å². The zero-order valence-corrected chi connectivity index (χ0v) is 18.3. The van der Waals surface area contributed by atoms with E-state index < -0.39 is 22.9 Å². The molecule has 32 heavy (non-hydrogen) atoms. The van der Waals surface area contributed by atoms with Crippen molar-refractivity contribution < 1.29 is 27.2 Å². The van der Waals surface area contributed by atoms with Gasteiger partial charge in [0, 0.05) is 22.9 Å². The van der Waals surface area contributed by atoms with Crippen molar-refractivity contribution in [2.45, 2.75) is 50.4 Å². The number of hydrogen-bond acceptors (Lipinski definition) is 5. The van der Waals surface area contributed by atoms with Crippen LogP contribution in [0.4, 0.5) is 13.2 Å². The van der Waals surface area contributed by atoms with Gasteiger partial charge in [-0.1, -0.05) is 6.92 Å². The molecule has 1 N–H and O–H groups in total. The summed E-state index contributed by atoms with van der Waals surface area (Å²) in [6.45, 7) is 6.69. The first-order valence-corrected chi connectivity index (χ1v) is 11.1. The Kier molecular flexibility index (Phi) is 9.86. The number of halogens is 3. The number of alkyl halides is 3. The third kappa shape index (κ3) is 6.85. The molecular weight excluding hydrogens is 454 g/mol. The molecule has 2 heterocycles. The van der Waals surface area contributed by atoms with Gasteiger partial charge >= 0.3 is 40.9 Å². The van der Waals surface area contributed by atoms with Crippen LogP contribution in [0.2, 0.25) is 0 Å². The Labute approximate surface area is 209 Å². The molecule has 170 valence electrons. The van der Waals surface area contributed by atoms with Gasteiger partial charge in [-0.05, 0) is 44.5 Å². The molecule has 0 aliphatic rings. The zero-order chi connectivity index (χ0) is 22.6. The van der Waals surface area contributed by atoms with E-state index in [1.807, 2.05) is 20.8 Å². The summed E-state index contributed by atoms with van der Waals surface area (Å²) in [7, 11) is 0. The van der Waals surface area contributed by atoms with Crippen molar-refractivity contribution >= 4 is 51.8 Å². The number of benzene rings is 1. The molecule has 0 saturated carbocycles. The molecule has 0 radical (unpaired) electrons. The number of pyridine rings is 1. The molecule has 2 atom stereocenters. The van der Waals surface area contributed by atoms with E-state index >= 15 is 0 Å². The van der Waals surface area contributed by atoms with Crippen LogP contribution in [-0.2, 0) is 27.8 Å². The molecule has 6 nitrogen and oxygen atoms in total. The summed E-state index contributed by atoms with van der Waals surface area (Å²) in [6.07, 6.45) is -1.81. The number of nitrogens with one attached hydrogen (secondary N) is 1. The van der Waals surface area contributed by atoms with Gasteiger partial charge in [0.15, 0.2) is 5.75 Å². The number of hydrogen-bond donors (Lipinski definition) is 1. The minimum absolute atomic E-state index is 0. The molecule has 0 aliphatic carbocycles. The quantitative estimate of drug-likeness (QED) is 0.283. The summed E-state index contributed by atoms with van der Waals surface area (Å²) >= 11 is -1.62. The number of ether oxygens (including phenoxy) is 2. The molecule has 1 aromatic carbocycles. The van der Waals surface area contributed by atoms with Crippen LogP contribution in [0.15, 0.2) is 35.6 Å². The van der Waals surface area contributed by atoms with Gasteiger partial charge in [0.25, 0.3) is 0 Å². The second-order valence-corrected chi connectivity index (χ2v) is 8.45. The Morgan fingerprint density at radius 2 is 1.97 bits per heavy atom. The van der Waals surface area contributed by atoms with Crippen molar-refractivity contribution in [2.24, 2.45) is 0 Å². The van der Waals surface area contributed by atoms with Gasteiger partial charge in [-0.3, -0.25) is 9.97 Å². The molecule has 0 fully saturated rings. The van der Waals surface area contributed by atoms with E-state index in [4.69, 9.17) is 9.47 Å². The van der Waals surface area contributed by atoms with Gasteiger partial charge in [0.1, 0.15) is 12.4 Å². The summed E-state index contributed by atoms with van der Waals surface area (Å²) in [6, 6.07) is 4.91. The van der Waals surface area contributed by atoms with Crippen molar-refractivity contribution in [3.63, 3.8) is 0 Å². The number of aromatic nitrogens is 3. The fourth-order valence-electron chi connectivity index (χ4n) is 2.84. The molecule has 0 amide bonds. The first-order chi connectivity index (χ1) is 14.7. The van der Waals surface area contributed by atoms with Crippen LogP contribution in [0.25, 0.3) is 11.0 Å². The van der Waals surface area contributed by atoms with Gasteiger partial charge in [0.05, 0.1) is 35.0 Å². The molecule has 2 aromatic heterocycles. The van der Waals surface area contributed by atoms with Crippen LogP contribution >= 0.6 is 0 Å². The number of imidazole rings is 1. The second kappa shape index (κ2) is 11.7. The second-order valence-electron chi connectivity index (χ2n) is 7.08. The van der Waals surface area contributed by atoms with Crippen LogP contribution in [0.5, 0.6) is 5.75 Å². The topological polar surface area (TPSA) is 83.1 Å². The van der Waals surface area contributed by atoms with Crippen LogP contribution in [-0.4, -0.2) is 68.4 Å². The number of nitrogens with zero attached hydrogens (tertiary/aromatic N) is 2. The van der Waals surface area contributed by atoms with E-state index in [0.29, 0.717) is 30.2 Å². The molecule has 0 bridgehead atoms. The summed E-state index contributed by atoms with van der Waals surface area (Å²) in [5.74, 6) is 0.674. The third-order valence-corrected chi connectivity index (χ3v) is 6.01. The van der Waals surface area contributed by atoms with E-state index in [0.717, 1.165) is 24.1 Å². The van der Waals surface area contributed by atoms with Gasteiger partial charge in [-0.2, -0.15) is 18.2 Å². The number of H-pyrrole nitrogens is 1. The van der Waals surface area contributed by atoms with Gasteiger partial charge in [-0.15, -0.1) is 0 Å². The Morgan fingerprint density at radius 3 is 2.66 bits per heavy atom. The van der Waals surface area contributed by atoms with Crippen LogP contribution in [0.3, 0.4) is 0 Å². The third-order valence-electron chi connectivity index (χ3n) is 4.85. The maximum atomic E-state index is 12.9. The Morgan fingerprint density at radius 1 is 1.22 bits per heavy atom. The predicted molar refractivity (Wildman–Crippen MR) is 119 cm³/mol. The molecule has 0 aliphatic heterocycles. The summed E-state index contributed by atoms with van der Waals surface area (Å²) in [4.78, 5) is 11.2. The van der Waals surface area contributed by atoms with Crippen molar-refractivity contribution in [1.82, 2.24) is 15.0 Å². The summed E-state index contributed by atoms with van der Waals surface area (Å²) in [5.41, 5.74) is 1.01. The molecule has 11 heteroatoms. The molecule has 0 saturated heterocycles. The Hall–Kier alpha value is -1.30. The van der Waals surface area contributed by atoms with E-state index in [1.165, 1.54) is 6.07 Å². The van der Waals surface area contributed by atoms with E-state index in [-0.39, 0.29) is 52.1 Å². The average molecular weight is 480 g/mol. The standard InChI is InChI=1S/C21H24F3N3O3S.Na.H/c1-4-13(2)29-9-10-30-19-7-8-25-18(14(19)3)12-31(28)20-26-16-6-5-15(21(22,23)24)11-17(16)27-20;;/h5-8,11,13H,4,9-10,12H2,1-3H3,(H,26,27);;. The predicted octanol–water partition coefficient (Wildman–Crippen LogP) is 4.14.